The van der Waals surface area contributed by atoms with Crippen LogP contribution in [0.1, 0.15) is 56.4 Å². The van der Waals surface area contributed by atoms with Crippen molar-refractivity contribution in [3.63, 3.8) is 0 Å². The van der Waals surface area contributed by atoms with Gasteiger partial charge in [0, 0.05) is 26.2 Å². The summed E-state index contributed by atoms with van der Waals surface area (Å²) >= 11 is 0. The standard InChI is InChI=1S/C21H31N3O4S/c1-14-19(15(2)28-22-14)29(26,27)24-5-3-4-23(6-7-24)20(25)21-11-16-8-17(12-21)10-18(9-16)13-21/h16-18H,3-13H2,1-2H3. The minimum Gasteiger partial charge on any atom is -0.360 e. The summed E-state index contributed by atoms with van der Waals surface area (Å²) in [5.41, 5.74) is 0.234. The molecule has 4 bridgehead atoms. The van der Waals surface area contributed by atoms with Crippen molar-refractivity contribution >= 4 is 15.9 Å². The fourth-order valence-electron chi connectivity index (χ4n) is 7.02. The van der Waals surface area contributed by atoms with Crippen molar-refractivity contribution in [2.24, 2.45) is 23.2 Å². The summed E-state index contributed by atoms with van der Waals surface area (Å²) in [7, 11) is -3.66. The fraction of sp³-hybridized carbons (Fsp3) is 0.810. The normalized spacial score (nSPS) is 35.1. The molecule has 5 fully saturated rings. The molecule has 29 heavy (non-hydrogen) atoms. The Kier molecular flexibility index (Phi) is 4.59. The van der Waals surface area contributed by atoms with E-state index in [2.05, 4.69) is 5.16 Å². The van der Waals surface area contributed by atoms with Crippen molar-refractivity contribution in [3.05, 3.63) is 11.5 Å². The van der Waals surface area contributed by atoms with Crippen LogP contribution < -0.4 is 0 Å². The number of sulfonamides is 1. The van der Waals surface area contributed by atoms with Gasteiger partial charge in [-0.1, -0.05) is 5.16 Å². The van der Waals surface area contributed by atoms with Gasteiger partial charge < -0.3 is 9.42 Å². The molecule has 0 aromatic carbocycles. The minimum absolute atomic E-state index is 0.162. The molecule has 1 saturated heterocycles. The molecule has 1 aromatic heterocycles. The Hall–Kier alpha value is -1.41. The Morgan fingerprint density at radius 1 is 1.00 bits per heavy atom. The van der Waals surface area contributed by atoms with E-state index in [-0.39, 0.29) is 10.3 Å². The molecule has 1 aliphatic heterocycles. The largest absolute Gasteiger partial charge is 0.360 e. The average Bonchev–Trinajstić information content (AvgIpc) is 2.86. The van der Waals surface area contributed by atoms with Crippen molar-refractivity contribution in [2.75, 3.05) is 26.2 Å². The molecule has 0 radical (unpaired) electrons. The number of carbonyl (C=O) groups is 1. The van der Waals surface area contributed by atoms with Crippen LogP contribution in [0.15, 0.2) is 9.42 Å². The number of amides is 1. The molecule has 0 N–H and O–H groups in total. The van der Waals surface area contributed by atoms with E-state index in [1.807, 2.05) is 4.90 Å². The lowest BCUT2D eigenvalue weighted by atomic mass is 9.49. The SMILES string of the molecule is Cc1noc(C)c1S(=O)(=O)N1CCCN(C(=O)C23CC4CC(CC(C4)C2)C3)CC1. The number of hydrogen-bond acceptors (Lipinski definition) is 5. The maximum atomic E-state index is 13.6. The Bertz CT molecular complexity index is 868. The highest BCUT2D eigenvalue weighted by atomic mass is 32.2. The average molecular weight is 422 g/mol. The Labute approximate surface area is 172 Å². The van der Waals surface area contributed by atoms with Gasteiger partial charge in [-0.3, -0.25) is 4.79 Å². The van der Waals surface area contributed by atoms with Crippen LogP contribution in [0.3, 0.4) is 0 Å². The molecule has 5 aliphatic rings. The first-order valence-corrected chi connectivity index (χ1v) is 12.4. The first-order chi connectivity index (χ1) is 13.8. The molecule has 0 atom stereocenters. The third-order valence-electron chi connectivity index (χ3n) is 7.80. The van der Waals surface area contributed by atoms with Crippen molar-refractivity contribution in [1.82, 2.24) is 14.4 Å². The minimum atomic E-state index is -3.66. The summed E-state index contributed by atoms with van der Waals surface area (Å²) in [6, 6.07) is 0. The monoisotopic (exact) mass is 421 g/mol. The number of hydrogen-bond donors (Lipinski definition) is 0. The van der Waals surface area contributed by atoms with E-state index in [1.165, 1.54) is 23.6 Å². The number of aryl methyl sites for hydroxylation is 2. The maximum Gasteiger partial charge on any atom is 0.248 e. The molecular formula is C21H31N3O4S. The van der Waals surface area contributed by atoms with Gasteiger partial charge in [0.25, 0.3) is 0 Å². The van der Waals surface area contributed by atoms with Gasteiger partial charge in [-0.05, 0) is 76.5 Å². The van der Waals surface area contributed by atoms with E-state index in [4.69, 9.17) is 4.52 Å². The summed E-state index contributed by atoms with van der Waals surface area (Å²) in [6.07, 6.45) is 7.77. The topological polar surface area (TPSA) is 83.7 Å². The van der Waals surface area contributed by atoms with Crippen LogP contribution in [0.4, 0.5) is 0 Å². The molecule has 2 heterocycles. The number of carbonyl (C=O) groups excluding carboxylic acids is 1. The third-order valence-corrected chi connectivity index (χ3v) is 9.94. The molecule has 1 amide bonds. The van der Waals surface area contributed by atoms with Crippen LogP contribution in [0, 0.1) is 37.0 Å². The Balaban J connectivity index is 1.32. The Morgan fingerprint density at radius 2 is 1.62 bits per heavy atom. The van der Waals surface area contributed by atoms with Crippen LogP contribution in [-0.4, -0.2) is 54.9 Å². The maximum absolute atomic E-state index is 13.6. The second kappa shape index (κ2) is 6.80. The van der Waals surface area contributed by atoms with Crippen LogP contribution >= 0.6 is 0 Å². The lowest BCUT2D eigenvalue weighted by Gasteiger charge is -2.56. The number of nitrogens with zero attached hydrogens (tertiary/aromatic N) is 3. The zero-order chi connectivity index (χ0) is 20.4. The zero-order valence-corrected chi connectivity index (χ0v) is 18.2. The van der Waals surface area contributed by atoms with E-state index >= 15 is 0 Å². The van der Waals surface area contributed by atoms with Crippen LogP contribution in [0.25, 0.3) is 0 Å². The van der Waals surface area contributed by atoms with E-state index in [0.29, 0.717) is 50.0 Å². The summed E-state index contributed by atoms with van der Waals surface area (Å²) in [6.45, 7) is 5.18. The van der Waals surface area contributed by atoms with E-state index in [9.17, 15) is 13.2 Å². The molecule has 7 nitrogen and oxygen atoms in total. The summed E-state index contributed by atoms with van der Waals surface area (Å²) < 4.78 is 32.9. The first-order valence-electron chi connectivity index (χ1n) is 11.0. The molecule has 1 aromatic rings. The smallest absolute Gasteiger partial charge is 0.248 e. The molecule has 8 heteroatoms. The molecule has 4 saturated carbocycles. The highest BCUT2D eigenvalue weighted by molar-refractivity contribution is 7.89. The summed E-state index contributed by atoms with van der Waals surface area (Å²) in [5.74, 6) is 2.82. The van der Waals surface area contributed by atoms with Gasteiger partial charge in [-0.25, -0.2) is 8.42 Å². The van der Waals surface area contributed by atoms with Crippen LogP contribution in [-0.2, 0) is 14.8 Å². The van der Waals surface area contributed by atoms with E-state index in [1.54, 1.807) is 13.8 Å². The van der Waals surface area contributed by atoms with Crippen molar-refractivity contribution < 1.29 is 17.7 Å². The second-order valence-corrected chi connectivity index (χ2v) is 11.8. The molecule has 6 rings (SSSR count). The molecule has 4 aliphatic carbocycles. The molecule has 0 unspecified atom stereocenters. The lowest BCUT2D eigenvalue weighted by molar-refractivity contribution is -0.157. The second-order valence-electron chi connectivity index (χ2n) is 9.90. The van der Waals surface area contributed by atoms with Gasteiger partial charge in [0.1, 0.15) is 10.6 Å². The zero-order valence-electron chi connectivity index (χ0n) is 17.4. The quantitative estimate of drug-likeness (QED) is 0.749. The van der Waals surface area contributed by atoms with Gasteiger partial charge in [0.15, 0.2) is 5.76 Å². The van der Waals surface area contributed by atoms with Crippen molar-refractivity contribution in [2.45, 2.75) is 63.7 Å². The predicted molar refractivity (Wildman–Crippen MR) is 107 cm³/mol. The number of aromatic nitrogens is 1. The van der Waals surface area contributed by atoms with E-state index in [0.717, 1.165) is 37.0 Å². The summed E-state index contributed by atoms with van der Waals surface area (Å²) in [4.78, 5) is 15.8. The highest BCUT2D eigenvalue weighted by Crippen LogP contribution is 2.60. The molecule has 160 valence electrons. The van der Waals surface area contributed by atoms with Gasteiger partial charge in [-0.2, -0.15) is 4.31 Å². The van der Waals surface area contributed by atoms with Crippen LogP contribution in [0.5, 0.6) is 0 Å². The van der Waals surface area contributed by atoms with Crippen molar-refractivity contribution in [3.8, 4) is 0 Å². The summed E-state index contributed by atoms with van der Waals surface area (Å²) in [5, 5.41) is 3.80. The van der Waals surface area contributed by atoms with Gasteiger partial charge >= 0.3 is 0 Å². The lowest BCUT2D eigenvalue weighted by Crippen LogP contribution is -2.55. The fourth-order valence-corrected chi connectivity index (χ4v) is 8.78. The van der Waals surface area contributed by atoms with E-state index < -0.39 is 10.0 Å². The first kappa shape index (κ1) is 19.5. The predicted octanol–water partition coefficient (Wildman–Crippen LogP) is 2.73. The van der Waals surface area contributed by atoms with Crippen LogP contribution in [0.2, 0.25) is 0 Å². The highest BCUT2D eigenvalue weighted by Gasteiger charge is 2.55. The third kappa shape index (κ3) is 3.14. The molecule has 0 spiro atoms. The molecular weight excluding hydrogens is 390 g/mol. The Morgan fingerprint density at radius 3 is 2.17 bits per heavy atom. The van der Waals surface area contributed by atoms with Gasteiger partial charge in [0.2, 0.25) is 15.9 Å². The van der Waals surface area contributed by atoms with Crippen molar-refractivity contribution in [1.29, 1.82) is 0 Å². The number of rotatable bonds is 3. The van der Waals surface area contributed by atoms with Gasteiger partial charge in [0.05, 0.1) is 5.41 Å². The van der Waals surface area contributed by atoms with Gasteiger partial charge in [-0.15, -0.1) is 0 Å².